The van der Waals surface area contributed by atoms with E-state index in [0.29, 0.717) is 12.1 Å². The summed E-state index contributed by atoms with van der Waals surface area (Å²) in [6.07, 6.45) is 4.60. The van der Waals surface area contributed by atoms with E-state index in [4.69, 9.17) is 10.5 Å². The van der Waals surface area contributed by atoms with E-state index >= 15 is 0 Å². The van der Waals surface area contributed by atoms with E-state index in [9.17, 15) is 0 Å². The van der Waals surface area contributed by atoms with Crippen molar-refractivity contribution in [2.24, 2.45) is 5.73 Å². The van der Waals surface area contributed by atoms with Crippen molar-refractivity contribution in [1.82, 2.24) is 4.90 Å². The topological polar surface area (TPSA) is 38.5 Å². The Kier molecular flexibility index (Phi) is 10.5. The van der Waals surface area contributed by atoms with Crippen molar-refractivity contribution >= 4 is 11.8 Å². The average molecular weight is 248 g/mol. The van der Waals surface area contributed by atoms with Crippen molar-refractivity contribution < 1.29 is 4.74 Å². The fourth-order valence-electron chi connectivity index (χ4n) is 1.94. The minimum absolute atomic E-state index is 0.502. The Hall–Kier alpha value is 0.230. The molecular weight excluding hydrogens is 220 g/mol. The third-order valence-electron chi connectivity index (χ3n) is 2.84. The second-order valence-electron chi connectivity index (χ2n) is 4.35. The fourth-order valence-corrected chi connectivity index (χ4v) is 2.40. The summed E-state index contributed by atoms with van der Waals surface area (Å²) in [5, 5.41) is 0. The molecule has 3 nitrogen and oxygen atoms in total. The lowest BCUT2D eigenvalue weighted by atomic mass is 10.1. The third kappa shape index (κ3) is 6.74. The lowest BCUT2D eigenvalue weighted by Crippen LogP contribution is -2.46. The van der Waals surface area contributed by atoms with Crippen LogP contribution in [0.4, 0.5) is 0 Å². The summed E-state index contributed by atoms with van der Waals surface area (Å²) < 4.78 is 5.16. The van der Waals surface area contributed by atoms with Gasteiger partial charge in [0, 0.05) is 32.3 Å². The highest BCUT2D eigenvalue weighted by Crippen LogP contribution is 2.12. The molecular formula is C12H28N2OS. The molecule has 16 heavy (non-hydrogen) atoms. The molecule has 0 fully saturated rings. The van der Waals surface area contributed by atoms with Crippen LogP contribution in [0.5, 0.6) is 0 Å². The predicted molar refractivity (Wildman–Crippen MR) is 74.2 cm³/mol. The van der Waals surface area contributed by atoms with Crippen LogP contribution in [0, 0.1) is 0 Å². The quantitative estimate of drug-likeness (QED) is 0.599. The first-order valence-electron chi connectivity index (χ1n) is 6.11. The minimum Gasteiger partial charge on any atom is -0.383 e. The predicted octanol–water partition coefficient (Wildman–Crippen LogP) is 1.81. The maximum absolute atomic E-state index is 5.88. The molecule has 98 valence electrons. The Labute approximate surface area is 105 Å². The summed E-state index contributed by atoms with van der Waals surface area (Å²) in [7, 11) is 1.75. The molecule has 0 heterocycles. The van der Waals surface area contributed by atoms with Gasteiger partial charge >= 0.3 is 0 Å². The zero-order valence-corrected chi connectivity index (χ0v) is 12.1. The summed E-state index contributed by atoms with van der Waals surface area (Å²) in [5.74, 6) is 1.23. The highest BCUT2D eigenvalue weighted by atomic mass is 32.2. The molecule has 0 bridgehead atoms. The molecule has 0 aromatic heterocycles. The highest BCUT2D eigenvalue weighted by molar-refractivity contribution is 7.98. The van der Waals surface area contributed by atoms with E-state index in [1.165, 1.54) is 18.6 Å². The number of hydrogen-bond acceptors (Lipinski definition) is 4. The van der Waals surface area contributed by atoms with Gasteiger partial charge in [0.1, 0.15) is 0 Å². The van der Waals surface area contributed by atoms with E-state index in [-0.39, 0.29) is 0 Å². The van der Waals surface area contributed by atoms with Crippen molar-refractivity contribution in [2.45, 2.75) is 38.8 Å². The standard InChI is InChI=1S/C12H28N2OS/c1-11(2)14(7-8-15-3)12(10-13)6-5-9-16-4/h11-12H,5-10,13H2,1-4H3. The van der Waals surface area contributed by atoms with Crippen molar-refractivity contribution in [3.05, 3.63) is 0 Å². The normalized spacial score (nSPS) is 13.7. The van der Waals surface area contributed by atoms with Gasteiger partial charge in [-0.05, 0) is 38.7 Å². The summed E-state index contributed by atoms with van der Waals surface area (Å²) >= 11 is 1.91. The smallest absolute Gasteiger partial charge is 0.0589 e. The molecule has 1 atom stereocenters. The number of thioether (sulfide) groups is 1. The first-order chi connectivity index (χ1) is 7.67. The fraction of sp³-hybridized carbons (Fsp3) is 1.00. The second-order valence-corrected chi connectivity index (χ2v) is 5.33. The lowest BCUT2D eigenvalue weighted by Gasteiger charge is -2.34. The Bertz CT molecular complexity index is 156. The minimum atomic E-state index is 0.502. The van der Waals surface area contributed by atoms with E-state index in [0.717, 1.165) is 19.7 Å². The molecule has 0 aliphatic heterocycles. The molecule has 4 heteroatoms. The number of ether oxygens (including phenoxy) is 1. The molecule has 0 radical (unpaired) electrons. The number of methoxy groups -OCH3 is 1. The van der Waals surface area contributed by atoms with E-state index in [2.05, 4.69) is 25.0 Å². The maximum atomic E-state index is 5.88. The van der Waals surface area contributed by atoms with E-state index in [1.807, 2.05) is 11.8 Å². The molecule has 0 aliphatic rings. The summed E-state index contributed by atoms with van der Waals surface area (Å²) in [6.45, 7) is 6.97. The van der Waals surface area contributed by atoms with Crippen molar-refractivity contribution in [1.29, 1.82) is 0 Å². The van der Waals surface area contributed by atoms with Gasteiger partial charge < -0.3 is 10.5 Å². The Morgan fingerprint density at radius 1 is 1.38 bits per heavy atom. The number of hydrogen-bond donors (Lipinski definition) is 1. The van der Waals surface area contributed by atoms with Crippen LogP contribution in [-0.4, -0.2) is 55.8 Å². The van der Waals surface area contributed by atoms with Gasteiger partial charge in [0.15, 0.2) is 0 Å². The van der Waals surface area contributed by atoms with Crippen LogP contribution in [0.2, 0.25) is 0 Å². The van der Waals surface area contributed by atoms with Crippen LogP contribution in [0.1, 0.15) is 26.7 Å². The Balaban J connectivity index is 4.11. The maximum Gasteiger partial charge on any atom is 0.0589 e. The molecule has 0 aliphatic carbocycles. The zero-order chi connectivity index (χ0) is 12.4. The summed E-state index contributed by atoms with van der Waals surface area (Å²) in [4.78, 5) is 2.46. The van der Waals surface area contributed by atoms with Crippen LogP contribution in [-0.2, 0) is 4.74 Å². The van der Waals surface area contributed by atoms with Crippen LogP contribution < -0.4 is 5.73 Å². The van der Waals surface area contributed by atoms with Gasteiger partial charge in [-0.25, -0.2) is 0 Å². The Morgan fingerprint density at radius 3 is 2.50 bits per heavy atom. The van der Waals surface area contributed by atoms with Crippen LogP contribution in [0.25, 0.3) is 0 Å². The van der Waals surface area contributed by atoms with Gasteiger partial charge in [0.2, 0.25) is 0 Å². The van der Waals surface area contributed by atoms with Gasteiger partial charge in [0.25, 0.3) is 0 Å². The SMILES string of the molecule is COCCN(C(C)C)C(CN)CCCSC. The second kappa shape index (κ2) is 10.4. The van der Waals surface area contributed by atoms with Crippen molar-refractivity contribution in [3.8, 4) is 0 Å². The lowest BCUT2D eigenvalue weighted by molar-refractivity contribution is 0.0943. The molecule has 0 saturated heterocycles. The molecule has 0 saturated carbocycles. The van der Waals surface area contributed by atoms with E-state index in [1.54, 1.807) is 7.11 Å². The van der Waals surface area contributed by atoms with Gasteiger partial charge in [0.05, 0.1) is 6.61 Å². The molecule has 2 N–H and O–H groups in total. The molecule has 0 rings (SSSR count). The van der Waals surface area contributed by atoms with E-state index < -0.39 is 0 Å². The average Bonchev–Trinajstić information content (AvgIpc) is 2.26. The molecule has 0 aromatic carbocycles. The molecule has 0 amide bonds. The largest absolute Gasteiger partial charge is 0.383 e. The van der Waals surface area contributed by atoms with Gasteiger partial charge in [-0.1, -0.05) is 0 Å². The third-order valence-corrected chi connectivity index (χ3v) is 3.54. The number of nitrogens with zero attached hydrogens (tertiary/aromatic N) is 1. The van der Waals surface area contributed by atoms with Gasteiger partial charge in [-0.15, -0.1) is 0 Å². The van der Waals surface area contributed by atoms with Gasteiger partial charge in [-0.3, -0.25) is 4.90 Å². The number of rotatable bonds is 10. The summed E-state index contributed by atoms with van der Waals surface area (Å²) in [5.41, 5.74) is 5.88. The summed E-state index contributed by atoms with van der Waals surface area (Å²) in [6, 6.07) is 1.04. The Morgan fingerprint density at radius 2 is 2.06 bits per heavy atom. The van der Waals surface area contributed by atoms with Gasteiger partial charge in [-0.2, -0.15) is 11.8 Å². The molecule has 0 aromatic rings. The highest BCUT2D eigenvalue weighted by Gasteiger charge is 2.18. The first kappa shape index (κ1) is 16.2. The monoisotopic (exact) mass is 248 g/mol. The zero-order valence-electron chi connectivity index (χ0n) is 11.2. The van der Waals surface area contributed by atoms with Crippen LogP contribution in [0.3, 0.4) is 0 Å². The van der Waals surface area contributed by atoms with Crippen LogP contribution >= 0.6 is 11.8 Å². The molecule has 0 spiro atoms. The van der Waals surface area contributed by atoms with Crippen molar-refractivity contribution in [3.63, 3.8) is 0 Å². The molecule has 1 unspecified atom stereocenters. The number of nitrogens with two attached hydrogens (primary N) is 1. The van der Waals surface area contributed by atoms with Crippen LogP contribution in [0.15, 0.2) is 0 Å². The first-order valence-corrected chi connectivity index (χ1v) is 7.50. The van der Waals surface area contributed by atoms with Crippen molar-refractivity contribution in [2.75, 3.05) is 38.8 Å².